The molecule has 0 aromatic carbocycles. The van der Waals surface area contributed by atoms with E-state index < -0.39 is 0 Å². The standard InChI is InChI=1S/C13H15BrN4S/c1-9-7-12(15-8-10(9)14)19-13-17-16-11-5-3-2-4-6-18(11)13/h7-8H,2-6H2,1H3. The molecule has 2 aromatic rings. The number of rotatable bonds is 2. The summed E-state index contributed by atoms with van der Waals surface area (Å²) >= 11 is 5.07. The van der Waals surface area contributed by atoms with Crippen LogP contribution in [0.2, 0.25) is 0 Å². The van der Waals surface area contributed by atoms with Crippen molar-refractivity contribution >= 4 is 27.7 Å². The average molecular weight is 339 g/mol. The van der Waals surface area contributed by atoms with Gasteiger partial charge in [-0.3, -0.25) is 0 Å². The van der Waals surface area contributed by atoms with E-state index in [0.29, 0.717) is 0 Å². The summed E-state index contributed by atoms with van der Waals surface area (Å²) in [4.78, 5) is 4.42. The van der Waals surface area contributed by atoms with Gasteiger partial charge in [-0.15, -0.1) is 10.2 Å². The molecule has 0 unspecified atom stereocenters. The van der Waals surface area contributed by atoms with Crippen LogP contribution in [-0.4, -0.2) is 19.7 Å². The van der Waals surface area contributed by atoms with Crippen molar-refractivity contribution in [1.29, 1.82) is 0 Å². The van der Waals surface area contributed by atoms with Gasteiger partial charge in [0.05, 0.1) is 0 Å². The van der Waals surface area contributed by atoms with Crippen LogP contribution in [0.1, 0.15) is 30.7 Å². The van der Waals surface area contributed by atoms with Crippen molar-refractivity contribution in [1.82, 2.24) is 19.7 Å². The second kappa shape index (κ2) is 5.63. The Morgan fingerprint density at radius 3 is 3.00 bits per heavy atom. The van der Waals surface area contributed by atoms with E-state index in [1.54, 1.807) is 11.8 Å². The van der Waals surface area contributed by atoms with Crippen LogP contribution >= 0.6 is 27.7 Å². The SMILES string of the molecule is Cc1cc(Sc2nnc3n2CCCCC3)ncc1Br. The molecule has 0 atom stereocenters. The number of aryl methyl sites for hydroxylation is 2. The first-order valence-electron chi connectivity index (χ1n) is 6.46. The van der Waals surface area contributed by atoms with Crippen molar-refractivity contribution in [2.24, 2.45) is 0 Å². The Kier molecular flexibility index (Phi) is 3.88. The maximum atomic E-state index is 4.42. The molecule has 0 N–H and O–H groups in total. The third-order valence-corrected chi connectivity index (χ3v) is 5.04. The van der Waals surface area contributed by atoms with Gasteiger partial charge in [-0.2, -0.15) is 0 Å². The normalized spacial score (nSPS) is 15.1. The summed E-state index contributed by atoms with van der Waals surface area (Å²) in [6.45, 7) is 3.10. The minimum atomic E-state index is 0.964. The molecule has 3 rings (SSSR count). The maximum absolute atomic E-state index is 4.42. The van der Waals surface area contributed by atoms with Gasteiger partial charge in [0.25, 0.3) is 0 Å². The van der Waals surface area contributed by atoms with Crippen LogP contribution in [0.5, 0.6) is 0 Å². The highest BCUT2D eigenvalue weighted by Crippen LogP contribution is 2.29. The van der Waals surface area contributed by atoms with Crippen molar-refractivity contribution in [2.75, 3.05) is 0 Å². The first-order valence-corrected chi connectivity index (χ1v) is 8.07. The lowest BCUT2D eigenvalue weighted by Crippen LogP contribution is -2.02. The molecule has 1 aliphatic heterocycles. The Balaban J connectivity index is 1.87. The molecule has 0 amide bonds. The first kappa shape index (κ1) is 13.1. The number of aromatic nitrogens is 4. The van der Waals surface area contributed by atoms with Crippen molar-refractivity contribution in [3.8, 4) is 0 Å². The zero-order chi connectivity index (χ0) is 13.2. The number of halogens is 1. The van der Waals surface area contributed by atoms with Gasteiger partial charge in [-0.1, -0.05) is 6.42 Å². The van der Waals surface area contributed by atoms with E-state index in [2.05, 4.69) is 48.7 Å². The molecule has 4 nitrogen and oxygen atoms in total. The highest BCUT2D eigenvalue weighted by Gasteiger charge is 2.16. The van der Waals surface area contributed by atoms with Crippen LogP contribution < -0.4 is 0 Å². The van der Waals surface area contributed by atoms with Gasteiger partial charge < -0.3 is 4.57 Å². The Hall–Kier alpha value is -0.880. The lowest BCUT2D eigenvalue weighted by Gasteiger charge is -2.06. The molecule has 0 aliphatic carbocycles. The van der Waals surface area contributed by atoms with Crippen molar-refractivity contribution in [3.05, 3.63) is 28.1 Å². The van der Waals surface area contributed by atoms with Crippen molar-refractivity contribution < 1.29 is 0 Å². The van der Waals surface area contributed by atoms with E-state index >= 15 is 0 Å². The molecular weight excluding hydrogens is 324 g/mol. The molecule has 6 heteroatoms. The van der Waals surface area contributed by atoms with Crippen LogP contribution in [0.15, 0.2) is 26.9 Å². The molecular formula is C13H15BrN4S. The van der Waals surface area contributed by atoms with Gasteiger partial charge >= 0.3 is 0 Å². The molecule has 0 saturated carbocycles. The first-order chi connectivity index (χ1) is 9.24. The molecule has 1 aliphatic rings. The topological polar surface area (TPSA) is 43.6 Å². The molecule has 0 spiro atoms. The quantitative estimate of drug-likeness (QED) is 0.838. The molecule has 0 bridgehead atoms. The van der Waals surface area contributed by atoms with E-state index in [-0.39, 0.29) is 0 Å². The smallest absolute Gasteiger partial charge is 0.197 e. The fourth-order valence-electron chi connectivity index (χ4n) is 2.20. The molecule has 0 radical (unpaired) electrons. The molecule has 2 aromatic heterocycles. The predicted molar refractivity (Wildman–Crippen MR) is 78.4 cm³/mol. The van der Waals surface area contributed by atoms with Gasteiger partial charge in [-0.05, 0) is 59.1 Å². The third kappa shape index (κ3) is 2.84. The number of pyridine rings is 1. The Labute approximate surface area is 125 Å². The fourth-order valence-corrected chi connectivity index (χ4v) is 3.33. The number of hydrogen-bond donors (Lipinski definition) is 0. The second-order valence-electron chi connectivity index (χ2n) is 4.73. The summed E-state index contributed by atoms with van der Waals surface area (Å²) in [7, 11) is 0. The molecule has 3 heterocycles. The summed E-state index contributed by atoms with van der Waals surface area (Å²) in [5.74, 6) is 1.12. The van der Waals surface area contributed by atoms with E-state index in [0.717, 1.165) is 33.4 Å². The number of fused-ring (bicyclic) bond motifs is 1. The van der Waals surface area contributed by atoms with Gasteiger partial charge in [0.1, 0.15) is 10.9 Å². The largest absolute Gasteiger partial charge is 0.306 e. The number of hydrogen-bond acceptors (Lipinski definition) is 4. The van der Waals surface area contributed by atoms with Crippen LogP contribution in [0.3, 0.4) is 0 Å². The van der Waals surface area contributed by atoms with Crippen molar-refractivity contribution in [3.63, 3.8) is 0 Å². The summed E-state index contributed by atoms with van der Waals surface area (Å²) in [6.07, 6.45) is 6.60. The molecule has 0 saturated heterocycles. The van der Waals surface area contributed by atoms with E-state index in [1.807, 2.05) is 6.20 Å². The van der Waals surface area contributed by atoms with Gasteiger partial charge in [0.15, 0.2) is 5.16 Å². The van der Waals surface area contributed by atoms with E-state index in [1.165, 1.54) is 24.8 Å². The fraction of sp³-hybridized carbons (Fsp3) is 0.462. The number of nitrogens with zero attached hydrogens (tertiary/aromatic N) is 4. The van der Waals surface area contributed by atoms with Crippen LogP contribution in [-0.2, 0) is 13.0 Å². The van der Waals surface area contributed by atoms with Crippen LogP contribution in [0, 0.1) is 6.92 Å². The molecule has 100 valence electrons. The highest BCUT2D eigenvalue weighted by atomic mass is 79.9. The van der Waals surface area contributed by atoms with Gasteiger partial charge in [-0.25, -0.2) is 4.98 Å². The Morgan fingerprint density at radius 2 is 2.16 bits per heavy atom. The Bertz CT molecular complexity index is 596. The maximum Gasteiger partial charge on any atom is 0.197 e. The molecule has 19 heavy (non-hydrogen) atoms. The zero-order valence-electron chi connectivity index (χ0n) is 10.8. The lowest BCUT2D eigenvalue weighted by molar-refractivity contribution is 0.590. The minimum absolute atomic E-state index is 0.964. The van der Waals surface area contributed by atoms with Gasteiger partial charge in [0, 0.05) is 23.6 Å². The predicted octanol–water partition coefficient (Wildman–Crippen LogP) is 3.62. The third-order valence-electron chi connectivity index (χ3n) is 3.29. The van der Waals surface area contributed by atoms with E-state index in [9.17, 15) is 0 Å². The van der Waals surface area contributed by atoms with Crippen molar-refractivity contribution in [2.45, 2.75) is 49.3 Å². The summed E-state index contributed by atoms with van der Waals surface area (Å²) in [5, 5.41) is 10.6. The van der Waals surface area contributed by atoms with Crippen LogP contribution in [0.4, 0.5) is 0 Å². The monoisotopic (exact) mass is 338 g/mol. The lowest BCUT2D eigenvalue weighted by atomic mass is 10.2. The molecule has 0 fully saturated rings. The summed E-state index contributed by atoms with van der Waals surface area (Å²) in [5.41, 5.74) is 1.19. The zero-order valence-corrected chi connectivity index (χ0v) is 13.2. The minimum Gasteiger partial charge on any atom is -0.306 e. The average Bonchev–Trinajstić information content (AvgIpc) is 2.63. The van der Waals surface area contributed by atoms with E-state index in [4.69, 9.17) is 0 Å². The second-order valence-corrected chi connectivity index (χ2v) is 6.58. The Morgan fingerprint density at radius 1 is 1.26 bits per heavy atom. The summed E-state index contributed by atoms with van der Waals surface area (Å²) < 4.78 is 3.29. The highest BCUT2D eigenvalue weighted by molar-refractivity contribution is 9.10. The van der Waals surface area contributed by atoms with Crippen LogP contribution in [0.25, 0.3) is 0 Å². The van der Waals surface area contributed by atoms with Gasteiger partial charge in [0.2, 0.25) is 0 Å². The summed E-state index contributed by atoms with van der Waals surface area (Å²) in [6, 6.07) is 2.08.